The van der Waals surface area contributed by atoms with Crippen LogP contribution in [0.25, 0.3) is 0 Å². The number of fused-ring (bicyclic) bond motifs is 1. The maximum Gasteiger partial charge on any atom is 0.310 e. The summed E-state index contributed by atoms with van der Waals surface area (Å²) < 4.78 is 11.2. The van der Waals surface area contributed by atoms with Crippen LogP contribution >= 0.6 is 11.6 Å². The molecule has 5 nitrogen and oxygen atoms in total. The van der Waals surface area contributed by atoms with Gasteiger partial charge in [-0.25, -0.2) is 0 Å². The molecule has 0 spiro atoms. The van der Waals surface area contributed by atoms with Crippen LogP contribution in [0.1, 0.15) is 12.8 Å². The molecule has 138 valence electrons. The van der Waals surface area contributed by atoms with Gasteiger partial charge in [-0.3, -0.25) is 9.59 Å². The fraction of sp³-hybridized carbons (Fsp3) is 0.333. The van der Waals surface area contributed by atoms with Crippen molar-refractivity contribution in [2.45, 2.75) is 18.9 Å². The monoisotopic (exact) mass is 383 g/mol. The van der Waals surface area contributed by atoms with Gasteiger partial charge in [-0.2, -0.15) is 0 Å². The quantitative estimate of drug-likeness (QED) is 0.801. The van der Waals surface area contributed by atoms with Crippen molar-refractivity contribution in [2.24, 2.45) is 23.7 Å². The summed E-state index contributed by atoms with van der Waals surface area (Å²) in [6.45, 7) is 0. The molecule has 2 aromatic carbocycles. The van der Waals surface area contributed by atoms with Crippen LogP contribution in [-0.4, -0.2) is 18.0 Å². The summed E-state index contributed by atoms with van der Waals surface area (Å²) in [6, 6.07) is 14.3. The highest BCUT2D eigenvalue weighted by molar-refractivity contribution is 6.30. The first-order valence-electron chi connectivity index (χ1n) is 9.13. The van der Waals surface area contributed by atoms with Crippen LogP contribution in [0.3, 0.4) is 0 Å². The molecule has 2 aromatic rings. The number of hydrogen-bond acceptors (Lipinski definition) is 4. The molecule has 2 bridgehead atoms. The average molecular weight is 384 g/mol. The maximum atomic E-state index is 12.8. The Morgan fingerprint density at radius 3 is 2.41 bits per heavy atom. The van der Waals surface area contributed by atoms with E-state index in [1.165, 1.54) is 0 Å². The molecule has 5 rings (SSSR count). The molecule has 6 heteroatoms. The molecule has 1 saturated heterocycles. The highest BCUT2D eigenvalue weighted by Gasteiger charge is 2.63. The van der Waals surface area contributed by atoms with Crippen molar-refractivity contribution in [1.82, 2.24) is 0 Å². The van der Waals surface area contributed by atoms with Crippen molar-refractivity contribution < 1.29 is 19.1 Å². The SMILES string of the molecule is O=C(Nc1ccc(Oc2ccc(Cl)cc2)cc1)[C@@H]1[C@@H]2C[C@@H]3[C@@H]1C(=O)O[C@@H]3C2. The molecular weight excluding hydrogens is 366 g/mol. The predicted molar refractivity (Wildman–Crippen MR) is 99.7 cm³/mol. The Labute approximate surface area is 161 Å². The molecule has 2 saturated carbocycles. The van der Waals surface area contributed by atoms with Crippen molar-refractivity contribution in [3.05, 3.63) is 53.6 Å². The van der Waals surface area contributed by atoms with E-state index in [1.807, 2.05) is 0 Å². The topological polar surface area (TPSA) is 64.6 Å². The van der Waals surface area contributed by atoms with Crippen molar-refractivity contribution in [3.63, 3.8) is 0 Å². The number of nitrogens with one attached hydrogen (secondary N) is 1. The summed E-state index contributed by atoms with van der Waals surface area (Å²) in [6.07, 6.45) is 1.78. The molecule has 2 aliphatic carbocycles. The molecule has 1 amide bonds. The molecule has 0 unspecified atom stereocenters. The first-order valence-corrected chi connectivity index (χ1v) is 9.51. The number of carbonyl (C=O) groups is 2. The van der Waals surface area contributed by atoms with Gasteiger partial charge >= 0.3 is 5.97 Å². The molecule has 5 atom stereocenters. The largest absolute Gasteiger partial charge is 0.462 e. The van der Waals surface area contributed by atoms with Gasteiger partial charge < -0.3 is 14.8 Å². The number of halogens is 1. The van der Waals surface area contributed by atoms with Crippen molar-refractivity contribution in [1.29, 1.82) is 0 Å². The third-order valence-electron chi connectivity index (χ3n) is 5.96. The van der Waals surface area contributed by atoms with Gasteiger partial charge in [0, 0.05) is 16.6 Å². The van der Waals surface area contributed by atoms with Crippen molar-refractivity contribution in [2.75, 3.05) is 5.32 Å². The highest BCUT2D eigenvalue weighted by Crippen LogP contribution is 2.57. The maximum absolute atomic E-state index is 12.8. The second-order valence-electron chi connectivity index (χ2n) is 7.49. The summed E-state index contributed by atoms with van der Waals surface area (Å²) in [4.78, 5) is 24.9. The molecule has 1 aliphatic heterocycles. The van der Waals surface area contributed by atoms with E-state index in [-0.39, 0.29) is 41.7 Å². The zero-order valence-corrected chi connectivity index (χ0v) is 15.2. The van der Waals surface area contributed by atoms with Crippen molar-refractivity contribution in [3.8, 4) is 11.5 Å². The minimum Gasteiger partial charge on any atom is -0.462 e. The van der Waals surface area contributed by atoms with Crippen LogP contribution in [0, 0.1) is 23.7 Å². The number of esters is 1. The van der Waals surface area contributed by atoms with E-state index in [2.05, 4.69) is 5.32 Å². The lowest BCUT2D eigenvalue weighted by Crippen LogP contribution is -2.35. The van der Waals surface area contributed by atoms with Gasteiger partial charge in [0.2, 0.25) is 5.91 Å². The van der Waals surface area contributed by atoms with Gasteiger partial charge in [0.05, 0.1) is 11.8 Å². The zero-order chi connectivity index (χ0) is 18.5. The lowest BCUT2D eigenvalue weighted by molar-refractivity contribution is -0.145. The van der Waals surface area contributed by atoms with Gasteiger partial charge in [0.25, 0.3) is 0 Å². The third kappa shape index (κ3) is 2.86. The highest BCUT2D eigenvalue weighted by atomic mass is 35.5. The molecule has 0 radical (unpaired) electrons. The molecule has 27 heavy (non-hydrogen) atoms. The normalized spacial score (nSPS) is 30.3. The number of anilines is 1. The Morgan fingerprint density at radius 1 is 1.04 bits per heavy atom. The van der Waals surface area contributed by atoms with E-state index < -0.39 is 0 Å². The second-order valence-corrected chi connectivity index (χ2v) is 7.93. The minimum atomic E-state index is -0.272. The van der Waals surface area contributed by atoms with Crippen LogP contribution in [-0.2, 0) is 14.3 Å². The summed E-state index contributed by atoms with van der Waals surface area (Å²) in [5, 5.41) is 3.60. The number of hydrogen-bond donors (Lipinski definition) is 1. The lowest BCUT2D eigenvalue weighted by Gasteiger charge is -2.23. The van der Waals surface area contributed by atoms with Crippen LogP contribution in [0.5, 0.6) is 11.5 Å². The van der Waals surface area contributed by atoms with Crippen LogP contribution in [0.4, 0.5) is 5.69 Å². The molecule has 1 heterocycles. The summed E-state index contributed by atoms with van der Waals surface area (Å²) in [5.74, 6) is 1.02. The number of ether oxygens (including phenoxy) is 2. The van der Waals surface area contributed by atoms with E-state index >= 15 is 0 Å². The number of rotatable bonds is 4. The summed E-state index contributed by atoms with van der Waals surface area (Å²) in [5.41, 5.74) is 0.689. The molecule has 3 fully saturated rings. The molecule has 1 N–H and O–H groups in total. The fourth-order valence-corrected chi connectivity index (χ4v) is 4.96. The zero-order valence-electron chi connectivity index (χ0n) is 14.4. The third-order valence-corrected chi connectivity index (χ3v) is 6.21. The van der Waals surface area contributed by atoms with Gasteiger partial charge in [-0.15, -0.1) is 0 Å². The Kier molecular flexibility index (Phi) is 3.86. The first kappa shape index (κ1) is 16.6. The van der Waals surface area contributed by atoms with E-state index in [9.17, 15) is 9.59 Å². The summed E-state index contributed by atoms with van der Waals surface area (Å²) in [7, 11) is 0. The van der Waals surface area contributed by atoms with Gasteiger partial charge in [-0.1, -0.05) is 11.6 Å². The number of benzene rings is 2. The van der Waals surface area contributed by atoms with Gasteiger partial charge in [0.15, 0.2) is 0 Å². The van der Waals surface area contributed by atoms with E-state index in [4.69, 9.17) is 21.1 Å². The first-order chi connectivity index (χ1) is 13.1. The van der Waals surface area contributed by atoms with Crippen LogP contribution < -0.4 is 10.1 Å². The Balaban J connectivity index is 1.25. The van der Waals surface area contributed by atoms with Crippen molar-refractivity contribution >= 4 is 29.2 Å². The number of carbonyl (C=O) groups excluding carboxylic acids is 2. The Bertz CT molecular complexity index is 893. The van der Waals surface area contributed by atoms with Gasteiger partial charge in [-0.05, 0) is 67.3 Å². The molecule has 0 aromatic heterocycles. The fourth-order valence-electron chi connectivity index (χ4n) is 4.83. The predicted octanol–water partition coefficient (Wildman–Crippen LogP) is 4.27. The van der Waals surface area contributed by atoms with E-state index in [0.29, 0.717) is 22.2 Å². The van der Waals surface area contributed by atoms with Gasteiger partial charge in [0.1, 0.15) is 17.6 Å². The van der Waals surface area contributed by atoms with Crippen LogP contribution in [0.2, 0.25) is 5.02 Å². The number of amides is 1. The van der Waals surface area contributed by atoms with Crippen LogP contribution in [0.15, 0.2) is 48.5 Å². The second kappa shape index (κ2) is 6.27. The standard InChI is InChI=1S/C21H18ClNO4/c22-12-1-5-14(6-2-12)26-15-7-3-13(4-8-15)23-20(24)18-11-9-16-17(10-11)27-21(25)19(16)18/h1-8,11,16-19H,9-10H2,(H,23,24)/t11-,16+,17-,18-,19+/m1/s1. The lowest BCUT2D eigenvalue weighted by atomic mass is 9.79. The smallest absolute Gasteiger partial charge is 0.310 e. The molecule has 3 aliphatic rings. The van der Waals surface area contributed by atoms with E-state index in [0.717, 1.165) is 12.8 Å². The summed E-state index contributed by atoms with van der Waals surface area (Å²) >= 11 is 5.87. The molecular formula is C21H18ClNO4. The minimum absolute atomic E-state index is 0.0425. The Morgan fingerprint density at radius 2 is 1.70 bits per heavy atom. The van der Waals surface area contributed by atoms with E-state index in [1.54, 1.807) is 48.5 Å². The Hall–Kier alpha value is -2.53. The average Bonchev–Trinajstić information content (AvgIpc) is 3.27.